The molecule has 0 saturated carbocycles. The van der Waals surface area contributed by atoms with Gasteiger partial charge in [-0.1, -0.05) is 12.1 Å². The summed E-state index contributed by atoms with van der Waals surface area (Å²) in [5.74, 6) is -0.138. The van der Waals surface area contributed by atoms with Gasteiger partial charge in [0.15, 0.2) is 11.5 Å². The smallest absolute Gasteiger partial charge is 0.257 e. The number of ether oxygens (including phenoxy) is 2. The van der Waals surface area contributed by atoms with Crippen molar-refractivity contribution in [3.8, 4) is 11.5 Å². The van der Waals surface area contributed by atoms with Crippen molar-refractivity contribution in [2.75, 3.05) is 19.9 Å². The van der Waals surface area contributed by atoms with Crippen LogP contribution in [0, 0.1) is 5.82 Å². The van der Waals surface area contributed by atoms with Gasteiger partial charge in [-0.3, -0.25) is 9.59 Å². The Hall–Kier alpha value is -3.39. The van der Waals surface area contributed by atoms with Gasteiger partial charge in [-0.2, -0.15) is 0 Å². The second-order valence-electron chi connectivity index (χ2n) is 6.35. The molecule has 2 heterocycles. The Bertz CT molecular complexity index is 1110. The first kappa shape index (κ1) is 18.0. The van der Waals surface area contributed by atoms with Gasteiger partial charge in [0.2, 0.25) is 6.79 Å². The molecular weight excluding hydrogens is 367 g/mol. The number of halogens is 1. The average Bonchev–Trinajstić information content (AvgIpc) is 3.13. The molecule has 1 aliphatic heterocycles. The third-order valence-electron chi connectivity index (χ3n) is 4.54. The van der Waals surface area contributed by atoms with Crippen molar-refractivity contribution in [1.29, 1.82) is 0 Å². The van der Waals surface area contributed by atoms with Crippen molar-refractivity contribution in [3.63, 3.8) is 0 Å². The SMILES string of the molecule is O=C(c1ccccc1F)N(CCO)Cc1cc2cc3c(cc2[nH]c1=O)OCO3. The Kier molecular flexibility index (Phi) is 4.70. The van der Waals surface area contributed by atoms with Crippen LogP contribution in [0.1, 0.15) is 15.9 Å². The summed E-state index contributed by atoms with van der Waals surface area (Å²) < 4.78 is 24.6. The number of aromatic nitrogens is 1. The molecule has 28 heavy (non-hydrogen) atoms. The summed E-state index contributed by atoms with van der Waals surface area (Å²) in [6.45, 7) is -0.312. The van der Waals surface area contributed by atoms with Crippen molar-refractivity contribution < 1.29 is 23.8 Å². The van der Waals surface area contributed by atoms with Crippen molar-refractivity contribution in [2.45, 2.75) is 6.54 Å². The predicted octanol–water partition coefficient (Wildman–Crippen LogP) is 2.03. The van der Waals surface area contributed by atoms with Gasteiger partial charge < -0.3 is 24.5 Å². The maximum absolute atomic E-state index is 14.0. The highest BCUT2D eigenvalue weighted by Crippen LogP contribution is 2.35. The fourth-order valence-electron chi connectivity index (χ4n) is 3.14. The topological polar surface area (TPSA) is 91.9 Å². The second kappa shape index (κ2) is 7.32. The van der Waals surface area contributed by atoms with Gasteiger partial charge in [0.1, 0.15) is 5.82 Å². The van der Waals surface area contributed by atoms with Crippen LogP contribution in [0.5, 0.6) is 11.5 Å². The summed E-state index contributed by atoms with van der Waals surface area (Å²) in [5.41, 5.74) is 0.392. The summed E-state index contributed by atoms with van der Waals surface area (Å²) in [6.07, 6.45) is 0. The third-order valence-corrected chi connectivity index (χ3v) is 4.54. The van der Waals surface area contributed by atoms with Crippen LogP contribution < -0.4 is 15.0 Å². The number of H-pyrrole nitrogens is 1. The fraction of sp³-hybridized carbons (Fsp3) is 0.200. The lowest BCUT2D eigenvalue weighted by Crippen LogP contribution is -2.35. The molecule has 3 aromatic rings. The van der Waals surface area contributed by atoms with E-state index < -0.39 is 11.7 Å². The van der Waals surface area contributed by atoms with E-state index in [1.807, 2.05) is 0 Å². The number of hydrogen-bond donors (Lipinski definition) is 2. The van der Waals surface area contributed by atoms with Crippen LogP contribution >= 0.6 is 0 Å². The Morgan fingerprint density at radius 3 is 2.68 bits per heavy atom. The number of carbonyl (C=O) groups is 1. The monoisotopic (exact) mass is 384 g/mol. The molecule has 0 bridgehead atoms. The van der Waals surface area contributed by atoms with E-state index in [9.17, 15) is 19.1 Å². The van der Waals surface area contributed by atoms with E-state index >= 15 is 0 Å². The first-order valence-corrected chi connectivity index (χ1v) is 8.67. The summed E-state index contributed by atoms with van der Waals surface area (Å²) in [6, 6.07) is 10.7. The van der Waals surface area contributed by atoms with Crippen LogP contribution in [0.4, 0.5) is 4.39 Å². The standard InChI is InChI=1S/C20H17FN2O5/c21-15-4-2-1-3-14(15)20(26)23(5-6-24)10-13-7-12-8-17-18(28-11-27-17)9-16(12)22-19(13)25/h1-4,7-9,24H,5-6,10-11H2,(H,22,25). The second-order valence-corrected chi connectivity index (χ2v) is 6.35. The highest BCUT2D eigenvalue weighted by atomic mass is 19.1. The number of nitrogens with zero attached hydrogens (tertiary/aromatic N) is 1. The van der Waals surface area contributed by atoms with E-state index in [1.165, 1.54) is 23.1 Å². The normalized spacial score (nSPS) is 12.4. The largest absolute Gasteiger partial charge is 0.454 e. The minimum Gasteiger partial charge on any atom is -0.454 e. The molecule has 8 heteroatoms. The lowest BCUT2D eigenvalue weighted by Gasteiger charge is -2.22. The zero-order chi connectivity index (χ0) is 19.7. The summed E-state index contributed by atoms with van der Waals surface area (Å²) >= 11 is 0. The minimum absolute atomic E-state index is 0.0359. The van der Waals surface area contributed by atoms with Gasteiger partial charge in [0.05, 0.1) is 24.2 Å². The zero-order valence-electron chi connectivity index (χ0n) is 14.8. The highest BCUT2D eigenvalue weighted by molar-refractivity contribution is 5.94. The number of aromatic amines is 1. The number of benzene rings is 2. The van der Waals surface area contributed by atoms with E-state index in [4.69, 9.17) is 9.47 Å². The molecule has 0 radical (unpaired) electrons. The number of pyridine rings is 1. The third kappa shape index (κ3) is 3.29. The van der Waals surface area contributed by atoms with Gasteiger partial charge in [0, 0.05) is 23.6 Å². The molecule has 7 nitrogen and oxygen atoms in total. The zero-order valence-corrected chi connectivity index (χ0v) is 14.8. The number of amides is 1. The summed E-state index contributed by atoms with van der Waals surface area (Å²) in [5, 5.41) is 10.0. The number of nitrogens with one attached hydrogen (secondary N) is 1. The van der Waals surface area contributed by atoms with Gasteiger partial charge in [0.25, 0.3) is 11.5 Å². The van der Waals surface area contributed by atoms with Crippen LogP contribution in [0.3, 0.4) is 0 Å². The van der Waals surface area contributed by atoms with E-state index in [1.54, 1.807) is 24.3 Å². The Labute approximate surface area is 158 Å². The molecule has 1 aromatic heterocycles. The maximum atomic E-state index is 14.0. The number of fused-ring (bicyclic) bond motifs is 2. The first-order valence-electron chi connectivity index (χ1n) is 8.67. The average molecular weight is 384 g/mol. The number of rotatable bonds is 5. The van der Waals surface area contributed by atoms with Crippen LogP contribution in [0.25, 0.3) is 10.9 Å². The Balaban J connectivity index is 1.69. The molecule has 2 aromatic carbocycles. The molecule has 4 rings (SSSR count). The Morgan fingerprint density at radius 2 is 1.93 bits per heavy atom. The van der Waals surface area contributed by atoms with E-state index in [-0.39, 0.29) is 37.6 Å². The molecule has 0 fully saturated rings. The minimum atomic E-state index is -0.657. The lowest BCUT2D eigenvalue weighted by molar-refractivity contribution is 0.0702. The van der Waals surface area contributed by atoms with Crippen molar-refractivity contribution in [1.82, 2.24) is 9.88 Å². The molecule has 1 aliphatic rings. The van der Waals surface area contributed by atoms with Crippen LogP contribution in [-0.2, 0) is 6.54 Å². The van der Waals surface area contributed by atoms with Gasteiger partial charge >= 0.3 is 0 Å². The van der Waals surface area contributed by atoms with Crippen LogP contribution in [0.2, 0.25) is 0 Å². The van der Waals surface area contributed by atoms with Crippen molar-refractivity contribution >= 4 is 16.8 Å². The molecular formula is C20H17FN2O5. The predicted molar refractivity (Wildman–Crippen MR) is 98.9 cm³/mol. The molecule has 0 atom stereocenters. The number of aliphatic hydroxyl groups excluding tert-OH is 1. The Morgan fingerprint density at radius 1 is 1.18 bits per heavy atom. The molecule has 1 amide bonds. The molecule has 0 aliphatic carbocycles. The van der Waals surface area contributed by atoms with Crippen LogP contribution in [-0.4, -0.2) is 40.8 Å². The summed E-state index contributed by atoms with van der Waals surface area (Å²) in [4.78, 5) is 29.2. The molecule has 2 N–H and O–H groups in total. The molecule has 0 unspecified atom stereocenters. The van der Waals surface area contributed by atoms with Crippen molar-refractivity contribution in [3.05, 3.63) is 69.8 Å². The van der Waals surface area contributed by atoms with Crippen molar-refractivity contribution in [2.24, 2.45) is 0 Å². The molecule has 0 saturated heterocycles. The van der Waals surface area contributed by atoms with E-state index in [0.29, 0.717) is 28.0 Å². The van der Waals surface area contributed by atoms with Crippen LogP contribution in [0.15, 0.2) is 47.3 Å². The van der Waals surface area contributed by atoms with Gasteiger partial charge in [-0.05, 0) is 24.3 Å². The molecule has 0 spiro atoms. The van der Waals surface area contributed by atoms with E-state index in [0.717, 1.165) is 0 Å². The highest BCUT2D eigenvalue weighted by Gasteiger charge is 2.21. The summed E-state index contributed by atoms with van der Waals surface area (Å²) in [7, 11) is 0. The number of hydrogen-bond acceptors (Lipinski definition) is 5. The van der Waals surface area contributed by atoms with E-state index in [2.05, 4.69) is 4.98 Å². The fourth-order valence-corrected chi connectivity index (χ4v) is 3.14. The lowest BCUT2D eigenvalue weighted by atomic mass is 10.1. The quantitative estimate of drug-likeness (QED) is 0.702. The number of carbonyl (C=O) groups excluding carboxylic acids is 1. The maximum Gasteiger partial charge on any atom is 0.257 e. The van der Waals surface area contributed by atoms with Gasteiger partial charge in [-0.25, -0.2) is 4.39 Å². The molecule has 144 valence electrons. The first-order chi connectivity index (χ1) is 13.6. The number of aliphatic hydroxyl groups is 1. The van der Waals surface area contributed by atoms with Gasteiger partial charge in [-0.15, -0.1) is 0 Å².